The molecular weight excluding hydrogens is 502 g/mol. The van der Waals surface area contributed by atoms with Gasteiger partial charge in [0.05, 0.1) is 10.6 Å². The summed E-state index contributed by atoms with van der Waals surface area (Å²) in [6.07, 6.45) is 2.87. The number of anilines is 4. The number of nitrogen functional groups attached to an aromatic ring is 1. The molecule has 0 atom stereocenters. The van der Waals surface area contributed by atoms with Gasteiger partial charge in [0.2, 0.25) is 5.95 Å². The maximum atomic E-state index is 15.8. The van der Waals surface area contributed by atoms with Gasteiger partial charge in [-0.2, -0.15) is 4.98 Å². The standard InChI is InChI=1S/C25H20F2N6O3S/c26-18-10-11-19(31-37(35,36)20-7-3-5-14-4-1-2-6-16(14)20)21(27)22(18)33-13-32(15-8-9-15)23-17(24(33)34)12-29-25(28)30-23/h1-7,10-12,15,31H,8-9,13H2,(H2,28,29,30). The maximum absolute atomic E-state index is 15.8. The molecule has 4 aromatic rings. The summed E-state index contributed by atoms with van der Waals surface area (Å²) in [4.78, 5) is 24.0. The van der Waals surface area contributed by atoms with Gasteiger partial charge < -0.3 is 10.6 Å². The molecule has 9 nitrogen and oxygen atoms in total. The SMILES string of the molecule is Nc1ncc2c(n1)N(C1CC1)CN(c1c(F)ccc(NS(=O)(=O)c3cccc4ccccc34)c1F)C2=O. The number of nitrogens with zero attached hydrogens (tertiary/aromatic N) is 4. The Morgan fingerprint density at radius 1 is 1.03 bits per heavy atom. The van der Waals surface area contributed by atoms with Gasteiger partial charge in [-0.1, -0.05) is 36.4 Å². The molecule has 3 N–H and O–H groups in total. The average molecular weight is 523 g/mol. The molecule has 3 aromatic carbocycles. The topological polar surface area (TPSA) is 122 Å². The maximum Gasteiger partial charge on any atom is 0.265 e. The average Bonchev–Trinajstić information content (AvgIpc) is 3.72. The van der Waals surface area contributed by atoms with Crippen molar-refractivity contribution < 1.29 is 22.0 Å². The highest BCUT2D eigenvalue weighted by atomic mass is 32.2. The first-order valence-corrected chi connectivity index (χ1v) is 12.9. The Morgan fingerprint density at radius 3 is 2.57 bits per heavy atom. The lowest BCUT2D eigenvalue weighted by Gasteiger charge is -2.37. The molecule has 1 aliphatic heterocycles. The van der Waals surface area contributed by atoms with E-state index in [4.69, 9.17) is 5.73 Å². The highest BCUT2D eigenvalue weighted by Gasteiger charge is 2.41. The second kappa shape index (κ2) is 8.37. The summed E-state index contributed by atoms with van der Waals surface area (Å²) in [5.41, 5.74) is 4.59. The minimum absolute atomic E-state index is 0.0205. The van der Waals surface area contributed by atoms with Crippen LogP contribution in [0.15, 0.2) is 65.7 Å². The lowest BCUT2D eigenvalue weighted by atomic mass is 10.1. The fourth-order valence-corrected chi connectivity index (χ4v) is 5.82. The molecule has 188 valence electrons. The van der Waals surface area contributed by atoms with Crippen LogP contribution in [0.3, 0.4) is 0 Å². The van der Waals surface area contributed by atoms with Gasteiger partial charge in [-0.3, -0.25) is 14.4 Å². The van der Waals surface area contributed by atoms with Crippen LogP contribution in [-0.2, 0) is 10.0 Å². The number of amides is 1. The fourth-order valence-electron chi connectivity index (χ4n) is 4.53. The van der Waals surface area contributed by atoms with Crippen molar-refractivity contribution in [2.45, 2.75) is 23.8 Å². The van der Waals surface area contributed by atoms with Crippen molar-refractivity contribution in [2.75, 3.05) is 26.9 Å². The number of carbonyl (C=O) groups is 1. The zero-order valence-electron chi connectivity index (χ0n) is 19.2. The Labute approximate surface area is 210 Å². The number of nitrogens with two attached hydrogens (primary N) is 1. The molecule has 1 saturated carbocycles. The van der Waals surface area contributed by atoms with Crippen molar-refractivity contribution in [3.63, 3.8) is 0 Å². The zero-order chi connectivity index (χ0) is 25.9. The Hall–Kier alpha value is -4.32. The normalized spacial score (nSPS) is 15.7. The van der Waals surface area contributed by atoms with Crippen molar-refractivity contribution in [1.29, 1.82) is 0 Å². The van der Waals surface area contributed by atoms with Crippen LogP contribution in [-0.4, -0.2) is 37.0 Å². The molecule has 1 aromatic heterocycles. The van der Waals surface area contributed by atoms with Crippen LogP contribution >= 0.6 is 0 Å². The number of halogens is 2. The zero-order valence-corrected chi connectivity index (χ0v) is 20.0. The van der Waals surface area contributed by atoms with Crippen molar-refractivity contribution in [2.24, 2.45) is 0 Å². The second-order valence-corrected chi connectivity index (χ2v) is 10.5. The van der Waals surface area contributed by atoms with E-state index in [1.807, 2.05) is 0 Å². The second-order valence-electron chi connectivity index (χ2n) is 8.88. The van der Waals surface area contributed by atoms with Gasteiger partial charge in [0.15, 0.2) is 5.82 Å². The third-order valence-electron chi connectivity index (χ3n) is 6.44. The molecule has 2 aliphatic rings. The number of aromatic nitrogens is 2. The van der Waals surface area contributed by atoms with Crippen molar-refractivity contribution >= 4 is 49.8 Å². The van der Waals surface area contributed by atoms with Gasteiger partial charge in [0, 0.05) is 17.6 Å². The predicted octanol–water partition coefficient (Wildman–Crippen LogP) is 3.88. The molecule has 0 saturated heterocycles. The number of benzene rings is 3. The van der Waals surface area contributed by atoms with E-state index in [0.717, 1.165) is 29.9 Å². The van der Waals surface area contributed by atoms with Gasteiger partial charge in [-0.05, 0) is 36.4 Å². The number of hydrogen-bond donors (Lipinski definition) is 2. The van der Waals surface area contributed by atoms with Gasteiger partial charge >= 0.3 is 0 Å². The molecule has 2 heterocycles. The van der Waals surface area contributed by atoms with Gasteiger partial charge in [0.1, 0.15) is 29.6 Å². The number of nitrogens with one attached hydrogen (secondary N) is 1. The van der Waals surface area contributed by atoms with Crippen LogP contribution < -0.4 is 20.3 Å². The highest BCUT2D eigenvalue weighted by Crippen LogP contribution is 2.40. The van der Waals surface area contributed by atoms with Gasteiger partial charge in [0.25, 0.3) is 15.9 Å². The van der Waals surface area contributed by atoms with Gasteiger partial charge in [-0.25, -0.2) is 22.2 Å². The number of carbonyl (C=O) groups excluding carboxylic acids is 1. The molecule has 6 rings (SSSR count). The first-order chi connectivity index (χ1) is 17.7. The van der Waals surface area contributed by atoms with Crippen LogP contribution in [0.4, 0.5) is 31.9 Å². The molecule has 1 aliphatic carbocycles. The molecular formula is C25H20F2N6O3S. The van der Waals surface area contributed by atoms with Crippen molar-refractivity contribution in [3.05, 3.63) is 78.0 Å². The van der Waals surface area contributed by atoms with Crippen molar-refractivity contribution in [1.82, 2.24) is 9.97 Å². The summed E-state index contributed by atoms with van der Waals surface area (Å²) in [6.45, 7) is -0.180. The quantitative estimate of drug-likeness (QED) is 0.408. The molecule has 37 heavy (non-hydrogen) atoms. The van der Waals surface area contributed by atoms with E-state index in [2.05, 4.69) is 14.7 Å². The minimum Gasteiger partial charge on any atom is -0.368 e. The van der Waals surface area contributed by atoms with Crippen LogP contribution in [0.25, 0.3) is 10.8 Å². The van der Waals surface area contributed by atoms with E-state index in [0.29, 0.717) is 16.6 Å². The minimum atomic E-state index is -4.26. The monoisotopic (exact) mass is 522 g/mol. The summed E-state index contributed by atoms with van der Waals surface area (Å²) >= 11 is 0. The predicted molar refractivity (Wildman–Crippen MR) is 135 cm³/mol. The number of rotatable bonds is 5. The van der Waals surface area contributed by atoms with E-state index in [1.165, 1.54) is 12.3 Å². The highest BCUT2D eigenvalue weighted by molar-refractivity contribution is 7.93. The van der Waals surface area contributed by atoms with Crippen LogP contribution in [0.2, 0.25) is 0 Å². The summed E-state index contributed by atoms with van der Waals surface area (Å²) in [5, 5.41) is 1.13. The Balaban J connectivity index is 1.41. The smallest absolute Gasteiger partial charge is 0.265 e. The molecule has 0 bridgehead atoms. The molecule has 0 unspecified atom stereocenters. The number of sulfonamides is 1. The third-order valence-corrected chi connectivity index (χ3v) is 7.86. The van der Waals surface area contributed by atoms with E-state index in [1.54, 1.807) is 41.3 Å². The molecule has 12 heteroatoms. The third kappa shape index (κ3) is 3.89. The summed E-state index contributed by atoms with van der Waals surface area (Å²) in [7, 11) is -4.26. The molecule has 1 amide bonds. The summed E-state index contributed by atoms with van der Waals surface area (Å²) < 4.78 is 59.6. The van der Waals surface area contributed by atoms with Crippen LogP contribution in [0.1, 0.15) is 23.2 Å². The molecule has 0 radical (unpaired) electrons. The number of fused-ring (bicyclic) bond motifs is 2. The summed E-state index contributed by atoms with van der Waals surface area (Å²) in [5.74, 6) is -2.67. The van der Waals surface area contributed by atoms with Crippen molar-refractivity contribution in [3.8, 4) is 0 Å². The van der Waals surface area contributed by atoms with E-state index in [-0.39, 0.29) is 29.1 Å². The molecule has 1 fully saturated rings. The first-order valence-electron chi connectivity index (χ1n) is 11.4. The Morgan fingerprint density at radius 2 is 1.78 bits per heavy atom. The largest absolute Gasteiger partial charge is 0.368 e. The lowest BCUT2D eigenvalue weighted by Crippen LogP contribution is -2.49. The number of hydrogen-bond acceptors (Lipinski definition) is 7. The Bertz CT molecular complexity index is 1690. The van der Waals surface area contributed by atoms with E-state index >= 15 is 8.78 Å². The first kappa shape index (κ1) is 23.1. The van der Waals surface area contributed by atoms with E-state index < -0.39 is 38.9 Å². The van der Waals surface area contributed by atoms with Gasteiger partial charge in [-0.15, -0.1) is 0 Å². The summed E-state index contributed by atoms with van der Waals surface area (Å²) in [6, 6.07) is 13.5. The Kier molecular flexibility index (Phi) is 5.23. The fraction of sp³-hybridized carbons (Fsp3) is 0.160. The van der Waals surface area contributed by atoms with E-state index in [9.17, 15) is 13.2 Å². The lowest BCUT2D eigenvalue weighted by molar-refractivity contribution is 0.0979. The van der Waals surface area contributed by atoms with Crippen LogP contribution in [0.5, 0.6) is 0 Å². The van der Waals surface area contributed by atoms with Crippen LogP contribution in [0, 0.1) is 11.6 Å². The molecule has 0 spiro atoms.